The van der Waals surface area contributed by atoms with Crippen molar-refractivity contribution in [3.8, 4) is 0 Å². The Morgan fingerprint density at radius 1 is 1.82 bits per heavy atom. The molecule has 4 heteroatoms. The minimum absolute atomic E-state index is 0.0566. The van der Waals surface area contributed by atoms with Crippen LogP contribution in [0.1, 0.15) is 13.3 Å². The zero-order chi connectivity index (χ0) is 8.27. The highest BCUT2D eigenvalue weighted by Crippen LogP contribution is 2.10. The van der Waals surface area contributed by atoms with Gasteiger partial charge in [-0.25, -0.2) is 0 Å². The Morgan fingerprint density at radius 3 is 3.00 bits per heavy atom. The van der Waals surface area contributed by atoms with E-state index >= 15 is 0 Å². The van der Waals surface area contributed by atoms with Crippen LogP contribution < -0.4 is 0 Å². The molecule has 1 rings (SSSR count). The van der Waals surface area contributed by atoms with Crippen molar-refractivity contribution in [2.24, 2.45) is 0 Å². The summed E-state index contributed by atoms with van der Waals surface area (Å²) >= 11 is 0. The van der Waals surface area contributed by atoms with Gasteiger partial charge < -0.3 is 9.47 Å². The molecule has 0 aromatic heterocycles. The fourth-order valence-corrected chi connectivity index (χ4v) is 0.688. The first kappa shape index (κ1) is 7.78. The summed E-state index contributed by atoms with van der Waals surface area (Å²) in [5.74, 6) is -0.258. The van der Waals surface area contributed by atoms with Crippen molar-refractivity contribution in [3.05, 3.63) is 11.8 Å². The smallest absolute Gasteiger partial charge is 0.314 e. The highest BCUT2D eigenvalue weighted by atomic mass is 16.6. The van der Waals surface area contributed by atoms with Gasteiger partial charge in [0.05, 0.1) is 6.42 Å². The summed E-state index contributed by atoms with van der Waals surface area (Å²) in [7, 11) is 0. The third-order valence-corrected chi connectivity index (χ3v) is 1.16. The minimum Gasteiger partial charge on any atom is -0.458 e. The van der Waals surface area contributed by atoms with Gasteiger partial charge in [-0.2, -0.15) is 0 Å². The number of cyclic esters (lactones) is 1. The van der Waals surface area contributed by atoms with Crippen LogP contribution in [0.25, 0.3) is 0 Å². The Bertz CT molecular complexity index is 216. The van der Waals surface area contributed by atoms with Gasteiger partial charge in [0.15, 0.2) is 0 Å². The molecule has 0 fully saturated rings. The summed E-state index contributed by atoms with van der Waals surface area (Å²) in [6.07, 6.45) is 1.88. The van der Waals surface area contributed by atoms with Crippen LogP contribution >= 0.6 is 0 Å². The van der Waals surface area contributed by atoms with Gasteiger partial charge in [-0.1, -0.05) is 0 Å². The summed E-state index contributed by atoms with van der Waals surface area (Å²) in [5, 5.41) is 0. The van der Waals surface area contributed by atoms with Crippen LogP contribution in [-0.4, -0.2) is 18.5 Å². The molecule has 1 aliphatic rings. The summed E-state index contributed by atoms with van der Waals surface area (Å²) in [6.45, 7) is 1.36. The van der Waals surface area contributed by atoms with Crippen LogP contribution in [0.5, 0.6) is 0 Å². The van der Waals surface area contributed by atoms with E-state index in [0.29, 0.717) is 5.76 Å². The van der Waals surface area contributed by atoms with Crippen LogP contribution in [-0.2, 0) is 19.1 Å². The van der Waals surface area contributed by atoms with E-state index in [9.17, 15) is 9.59 Å². The number of esters is 2. The number of carbonyl (C=O) groups is 2. The van der Waals surface area contributed by atoms with Gasteiger partial charge in [0.25, 0.3) is 0 Å². The maximum atomic E-state index is 10.5. The largest absolute Gasteiger partial charge is 0.458 e. The molecule has 0 saturated heterocycles. The average molecular weight is 156 g/mol. The summed E-state index contributed by atoms with van der Waals surface area (Å²) in [6, 6.07) is 0. The van der Waals surface area contributed by atoms with E-state index in [2.05, 4.69) is 9.47 Å². The van der Waals surface area contributed by atoms with Crippen LogP contribution in [0.4, 0.5) is 0 Å². The molecule has 0 bridgehead atoms. The van der Waals surface area contributed by atoms with Gasteiger partial charge in [0.1, 0.15) is 12.4 Å². The van der Waals surface area contributed by atoms with Crippen LogP contribution in [0.2, 0.25) is 0 Å². The highest BCUT2D eigenvalue weighted by Gasteiger charge is 2.14. The van der Waals surface area contributed by atoms with E-state index in [0.717, 1.165) is 0 Å². The maximum Gasteiger partial charge on any atom is 0.314 e. The Hall–Kier alpha value is -1.32. The maximum absolute atomic E-state index is 10.5. The third-order valence-electron chi connectivity index (χ3n) is 1.16. The van der Waals surface area contributed by atoms with E-state index in [1.807, 2.05) is 0 Å². The molecule has 0 saturated carbocycles. The van der Waals surface area contributed by atoms with Gasteiger partial charge in [-0.15, -0.1) is 0 Å². The molecule has 4 nitrogen and oxygen atoms in total. The quantitative estimate of drug-likeness (QED) is 0.542. The molecule has 0 spiro atoms. The highest BCUT2D eigenvalue weighted by molar-refractivity contribution is 5.75. The predicted octanol–water partition coefficient (Wildman–Crippen LogP) is 0.380. The van der Waals surface area contributed by atoms with Crippen molar-refractivity contribution >= 4 is 11.9 Å². The second-order valence-corrected chi connectivity index (χ2v) is 2.13. The standard InChI is InChI=1S/C7H8O4/c1-5(8)10-4-6-2-3-7(9)11-6/h2H,3-4H2,1H3. The number of rotatable bonds is 2. The Labute approximate surface area is 63.8 Å². The lowest BCUT2D eigenvalue weighted by atomic mass is 10.4. The molecule has 60 valence electrons. The molecular weight excluding hydrogens is 148 g/mol. The second kappa shape index (κ2) is 3.18. The fourth-order valence-electron chi connectivity index (χ4n) is 0.688. The number of hydrogen-bond acceptors (Lipinski definition) is 4. The lowest BCUT2D eigenvalue weighted by molar-refractivity contribution is -0.144. The first-order valence-electron chi connectivity index (χ1n) is 3.21. The second-order valence-electron chi connectivity index (χ2n) is 2.13. The Kier molecular flexibility index (Phi) is 2.25. The van der Waals surface area contributed by atoms with Gasteiger partial charge >= 0.3 is 11.9 Å². The molecule has 1 aliphatic heterocycles. The molecule has 0 aliphatic carbocycles. The molecule has 0 atom stereocenters. The van der Waals surface area contributed by atoms with Crippen molar-refractivity contribution in [3.63, 3.8) is 0 Å². The van der Waals surface area contributed by atoms with Crippen LogP contribution in [0, 0.1) is 0 Å². The summed E-state index contributed by atoms with van der Waals surface area (Å²) in [4.78, 5) is 20.8. The zero-order valence-electron chi connectivity index (χ0n) is 6.12. The molecule has 1 heterocycles. The predicted molar refractivity (Wildman–Crippen MR) is 35.4 cm³/mol. The van der Waals surface area contributed by atoms with Gasteiger partial charge in [-0.05, 0) is 6.08 Å². The van der Waals surface area contributed by atoms with Crippen LogP contribution in [0.15, 0.2) is 11.8 Å². The van der Waals surface area contributed by atoms with Crippen LogP contribution in [0.3, 0.4) is 0 Å². The molecule has 0 aromatic carbocycles. The van der Waals surface area contributed by atoms with E-state index < -0.39 is 0 Å². The molecule has 0 radical (unpaired) electrons. The topological polar surface area (TPSA) is 52.6 Å². The number of carbonyl (C=O) groups excluding carboxylic acids is 2. The van der Waals surface area contributed by atoms with E-state index in [1.54, 1.807) is 6.08 Å². The number of ether oxygens (including phenoxy) is 2. The zero-order valence-corrected chi connectivity index (χ0v) is 6.12. The van der Waals surface area contributed by atoms with Gasteiger partial charge in [0.2, 0.25) is 0 Å². The normalized spacial score (nSPS) is 15.7. The van der Waals surface area contributed by atoms with E-state index in [-0.39, 0.29) is 25.0 Å². The lowest BCUT2D eigenvalue weighted by Gasteiger charge is -2.00. The van der Waals surface area contributed by atoms with Crippen molar-refractivity contribution in [2.75, 3.05) is 6.61 Å². The Balaban J connectivity index is 2.28. The van der Waals surface area contributed by atoms with E-state index in [1.165, 1.54) is 6.92 Å². The van der Waals surface area contributed by atoms with Gasteiger partial charge in [0, 0.05) is 6.92 Å². The molecule has 0 amide bonds. The molecule has 11 heavy (non-hydrogen) atoms. The fraction of sp³-hybridized carbons (Fsp3) is 0.429. The number of hydrogen-bond donors (Lipinski definition) is 0. The third kappa shape index (κ3) is 2.41. The summed E-state index contributed by atoms with van der Waals surface area (Å²) in [5.41, 5.74) is 0. The summed E-state index contributed by atoms with van der Waals surface area (Å²) < 4.78 is 9.25. The van der Waals surface area contributed by atoms with Crippen molar-refractivity contribution in [2.45, 2.75) is 13.3 Å². The molecule has 0 aromatic rings. The first-order valence-corrected chi connectivity index (χ1v) is 3.21. The van der Waals surface area contributed by atoms with Crippen molar-refractivity contribution < 1.29 is 19.1 Å². The lowest BCUT2D eigenvalue weighted by Crippen LogP contribution is -2.04. The first-order chi connectivity index (χ1) is 5.18. The minimum atomic E-state index is -0.381. The SMILES string of the molecule is CC(=O)OCC1=CCC(=O)O1. The molecular formula is C7H8O4. The Morgan fingerprint density at radius 2 is 2.55 bits per heavy atom. The van der Waals surface area contributed by atoms with Gasteiger partial charge in [-0.3, -0.25) is 9.59 Å². The average Bonchev–Trinajstić information content (AvgIpc) is 2.31. The molecule has 0 unspecified atom stereocenters. The molecule has 0 N–H and O–H groups in total. The monoisotopic (exact) mass is 156 g/mol. The van der Waals surface area contributed by atoms with Crippen molar-refractivity contribution in [1.29, 1.82) is 0 Å². The van der Waals surface area contributed by atoms with E-state index in [4.69, 9.17) is 0 Å². The van der Waals surface area contributed by atoms with Crippen molar-refractivity contribution in [1.82, 2.24) is 0 Å².